The Morgan fingerprint density at radius 1 is 1.03 bits per heavy atom. The summed E-state index contributed by atoms with van der Waals surface area (Å²) in [4.78, 5) is 22.1. The van der Waals surface area contributed by atoms with E-state index < -0.39 is 5.82 Å². The van der Waals surface area contributed by atoms with Gasteiger partial charge in [-0.3, -0.25) is 20.1 Å². The summed E-state index contributed by atoms with van der Waals surface area (Å²) in [6.45, 7) is 4.06. The highest BCUT2D eigenvalue weighted by Crippen LogP contribution is 2.34. The summed E-state index contributed by atoms with van der Waals surface area (Å²) in [5, 5.41) is 12.8. The summed E-state index contributed by atoms with van der Waals surface area (Å²) in [5.41, 5.74) is 4.73. The van der Waals surface area contributed by atoms with Gasteiger partial charge in [-0.1, -0.05) is 6.07 Å². The molecule has 8 nitrogen and oxygen atoms in total. The second-order valence-electron chi connectivity index (χ2n) is 8.16. The fourth-order valence-electron chi connectivity index (χ4n) is 3.97. The van der Waals surface area contributed by atoms with Gasteiger partial charge in [0.2, 0.25) is 0 Å². The molecule has 0 fully saturated rings. The van der Waals surface area contributed by atoms with Gasteiger partial charge in [0.05, 0.1) is 33.2 Å². The summed E-state index contributed by atoms with van der Waals surface area (Å²) in [5.74, 6) is -0.0294. The number of imidazole rings is 1. The van der Waals surface area contributed by atoms with Crippen molar-refractivity contribution >= 4 is 39.0 Å². The lowest BCUT2D eigenvalue weighted by Crippen LogP contribution is -2.09. The molecule has 6 rings (SSSR count). The minimum absolute atomic E-state index is 0.201. The maximum atomic E-state index is 15.9. The Hall–Kier alpha value is -4.18. The number of halogens is 1. The quantitative estimate of drug-likeness (QED) is 0.301. The normalized spacial score (nSPS) is 11.6. The Bertz CT molecular complexity index is 1630. The number of thiophene rings is 1. The van der Waals surface area contributed by atoms with E-state index in [2.05, 4.69) is 35.5 Å². The molecular formula is C24H19FN8S. The maximum absolute atomic E-state index is 15.9. The van der Waals surface area contributed by atoms with Crippen molar-refractivity contribution in [3.63, 3.8) is 0 Å². The molecule has 0 radical (unpaired) electrons. The third kappa shape index (κ3) is 3.39. The Labute approximate surface area is 197 Å². The van der Waals surface area contributed by atoms with E-state index in [4.69, 9.17) is 4.98 Å². The van der Waals surface area contributed by atoms with Crippen LogP contribution in [0.25, 0.3) is 55.3 Å². The summed E-state index contributed by atoms with van der Waals surface area (Å²) in [6.07, 6.45) is 6.61. The summed E-state index contributed by atoms with van der Waals surface area (Å²) in [6, 6.07) is 7.88. The highest BCUT2D eigenvalue weighted by Gasteiger charge is 2.21. The molecule has 0 aliphatic heterocycles. The number of aromatic nitrogens is 7. The van der Waals surface area contributed by atoms with E-state index in [-0.39, 0.29) is 11.7 Å². The number of fused-ring (bicyclic) bond motifs is 2. The number of nitrogens with one attached hydrogen (secondary N) is 3. The van der Waals surface area contributed by atoms with Crippen LogP contribution in [-0.2, 0) is 0 Å². The van der Waals surface area contributed by atoms with Crippen LogP contribution < -0.4 is 5.32 Å². The number of nitrogens with zero attached hydrogens (tertiary/aromatic N) is 5. The van der Waals surface area contributed by atoms with Crippen molar-refractivity contribution in [2.45, 2.75) is 19.9 Å². The van der Waals surface area contributed by atoms with Crippen LogP contribution >= 0.6 is 11.3 Å². The number of anilines is 1. The van der Waals surface area contributed by atoms with Crippen molar-refractivity contribution < 1.29 is 4.39 Å². The van der Waals surface area contributed by atoms with E-state index >= 15 is 4.39 Å². The minimum Gasteiger partial charge on any atom is -0.382 e. The third-order valence-corrected chi connectivity index (χ3v) is 6.27. The van der Waals surface area contributed by atoms with Gasteiger partial charge >= 0.3 is 0 Å². The van der Waals surface area contributed by atoms with Crippen LogP contribution in [0.5, 0.6) is 0 Å². The number of rotatable bonds is 5. The van der Waals surface area contributed by atoms with Crippen LogP contribution in [0.4, 0.5) is 10.1 Å². The van der Waals surface area contributed by atoms with Gasteiger partial charge in [0, 0.05) is 30.2 Å². The highest BCUT2D eigenvalue weighted by molar-refractivity contribution is 7.13. The van der Waals surface area contributed by atoms with Crippen LogP contribution in [0.1, 0.15) is 13.8 Å². The average molecular weight is 471 g/mol. The van der Waals surface area contributed by atoms with E-state index in [0.29, 0.717) is 33.5 Å². The van der Waals surface area contributed by atoms with Crippen molar-refractivity contribution in [2.75, 3.05) is 5.32 Å². The molecule has 0 spiro atoms. The fourth-order valence-corrected chi connectivity index (χ4v) is 4.69. The molecule has 168 valence electrons. The smallest absolute Gasteiger partial charge is 0.161 e. The second-order valence-corrected chi connectivity index (χ2v) is 9.11. The molecule has 0 saturated carbocycles. The zero-order chi connectivity index (χ0) is 23.2. The Morgan fingerprint density at radius 2 is 1.94 bits per heavy atom. The monoisotopic (exact) mass is 470 g/mol. The molecule has 0 amide bonds. The molecular weight excluding hydrogens is 451 g/mol. The molecule has 0 saturated heterocycles. The summed E-state index contributed by atoms with van der Waals surface area (Å²) in [7, 11) is 0. The van der Waals surface area contributed by atoms with Gasteiger partial charge in [0.15, 0.2) is 11.6 Å². The molecule has 10 heteroatoms. The second kappa shape index (κ2) is 7.99. The molecule has 6 aromatic rings. The number of hydrogen-bond acceptors (Lipinski definition) is 7. The maximum Gasteiger partial charge on any atom is 0.161 e. The largest absolute Gasteiger partial charge is 0.382 e. The minimum atomic E-state index is -0.484. The van der Waals surface area contributed by atoms with Gasteiger partial charge in [0.25, 0.3) is 0 Å². The third-order valence-electron chi connectivity index (χ3n) is 5.39. The fraction of sp³-hybridized carbons (Fsp3) is 0.125. The molecule has 0 bridgehead atoms. The van der Waals surface area contributed by atoms with E-state index in [1.807, 2.05) is 43.5 Å². The number of hydrogen-bond donors (Lipinski definition) is 3. The summed E-state index contributed by atoms with van der Waals surface area (Å²) < 4.78 is 15.9. The van der Waals surface area contributed by atoms with Crippen molar-refractivity contribution in [1.29, 1.82) is 0 Å². The number of pyridine rings is 3. The molecule has 0 aliphatic rings. The summed E-state index contributed by atoms with van der Waals surface area (Å²) >= 11 is 1.59. The number of aromatic amines is 2. The van der Waals surface area contributed by atoms with Crippen molar-refractivity contribution in [2.24, 2.45) is 0 Å². The van der Waals surface area contributed by atoms with Crippen LogP contribution in [-0.4, -0.2) is 41.2 Å². The van der Waals surface area contributed by atoms with E-state index in [1.54, 1.807) is 36.1 Å². The van der Waals surface area contributed by atoms with Gasteiger partial charge < -0.3 is 10.3 Å². The van der Waals surface area contributed by atoms with Crippen LogP contribution in [0.3, 0.4) is 0 Å². The van der Waals surface area contributed by atoms with Crippen molar-refractivity contribution in [3.8, 4) is 33.3 Å². The first kappa shape index (κ1) is 20.4. The van der Waals surface area contributed by atoms with E-state index in [1.165, 1.54) is 0 Å². The average Bonchev–Trinajstić information content (AvgIpc) is 3.57. The standard InChI is InChI=1S/C24H19FN8S/c1-12(2)29-14-8-13(9-26-10-14)20-19(25)18-16(11-28-20)32-33-23(18)24-30-15-5-6-27-22(21(15)31-24)17-4-3-7-34-17/h3-12,29H,1-2H3,(H,30,31)(H,32,33). The topological polar surface area (TPSA) is 108 Å². The first-order chi connectivity index (χ1) is 16.6. The molecule has 6 aromatic heterocycles. The van der Waals surface area contributed by atoms with Crippen molar-refractivity contribution in [1.82, 2.24) is 35.1 Å². The molecule has 34 heavy (non-hydrogen) atoms. The molecule has 0 aliphatic carbocycles. The van der Waals surface area contributed by atoms with Gasteiger partial charge in [0.1, 0.15) is 22.6 Å². The predicted molar refractivity (Wildman–Crippen MR) is 132 cm³/mol. The number of H-pyrrole nitrogens is 2. The van der Waals surface area contributed by atoms with Crippen molar-refractivity contribution in [3.05, 3.63) is 60.3 Å². The first-order valence-electron chi connectivity index (χ1n) is 10.7. The van der Waals surface area contributed by atoms with Gasteiger partial charge in [-0.05, 0) is 37.4 Å². The van der Waals surface area contributed by atoms with Crippen LogP contribution in [0.15, 0.2) is 54.4 Å². The molecule has 0 atom stereocenters. The Balaban J connectivity index is 1.50. The first-order valence-corrected chi connectivity index (χ1v) is 11.6. The van der Waals surface area contributed by atoms with E-state index in [9.17, 15) is 0 Å². The predicted octanol–water partition coefficient (Wildman–Crippen LogP) is 5.65. The van der Waals surface area contributed by atoms with Gasteiger partial charge in [-0.2, -0.15) is 5.10 Å². The van der Waals surface area contributed by atoms with Crippen LogP contribution in [0, 0.1) is 5.82 Å². The lowest BCUT2D eigenvalue weighted by molar-refractivity contribution is 0.638. The Kier molecular flexibility index (Phi) is 4.80. The van der Waals surface area contributed by atoms with Gasteiger partial charge in [-0.15, -0.1) is 11.3 Å². The Morgan fingerprint density at radius 3 is 2.76 bits per heavy atom. The lowest BCUT2D eigenvalue weighted by atomic mass is 10.1. The highest BCUT2D eigenvalue weighted by atomic mass is 32.1. The molecule has 0 aromatic carbocycles. The van der Waals surface area contributed by atoms with Crippen LogP contribution in [0.2, 0.25) is 0 Å². The SMILES string of the molecule is CC(C)Nc1cncc(-c2ncc3[nH]nc(-c4nc5c(-c6cccs6)nccc5[nH]4)c3c2F)c1. The van der Waals surface area contributed by atoms with Gasteiger partial charge in [-0.25, -0.2) is 9.37 Å². The zero-order valence-electron chi connectivity index (χ0n) is 18.3. The lowest BCUT2D eigenvalue weighted by Gasteiger charge is -2.11. The molecule has 3 N–H and O–H groups in total. The zero-order valence-corrected chi connectivity index (χ0v) is 19.1. The molecule has 0 unspecified atom stereocenters. The van der Waals surface area contributed by atoms with E-state index in [0.717, 1.165) is 21.8 Å². The molecule has 6 heterocycles.